The van der Waals surface area contributed by atoms with E-state index in [4.69, 9.17) is 8.94 Å². The molecule has 23 heavy (non-hydrogen) atoms. The van der Waals surface area contributed by atoms with Crippen molar-refractivity contribution in [2.75, 3.05) is 6.26 Å². The van der Waals surface area contributed by atoms with E-state index in [2.05, 4.69) is 15.5 Å². The molecule has 0 aliphatic heterocycles. The molecule has 0 fully saturated rings. The van der Waals surface area contributed by atoms with E-state index in [1.807, 2.05) is 37.3 Å². The van der Waals surface area contributed by atoms with E-state index >= 15 is 0 Å². The van der Waals surface area contributed by atoms with E-state index in [1.54, 1.807) is 0 Å². The number of benzene rings is 1. The number of hydrogen-bond acceptors (Lipinski definition) is 7. The van der Waals surface area contributed by atoms with Gasteiger partial charge in [-0.1, -0.05) is 23.4 Å². The molecule has 1 unspecified atom stereocenters. The van der Waals surface area contributed by atoms with Gasteiger partial charge in [-0.25, -0.2) is 8.42 Å². The number of rotatable bonds is 6. The molecule has 8 heteroatoms. The van der Waals surface area contributed by atoms with Crippen molar-refractivity contribution >= 4 is 20.8 Å². The summed E-state index contributed by atoms with van der Waals surface area (Å²) in [4.78, 5) is 4.05. The van der Waals surface area contributed by atoms with E-state index < -0.39 is 9.84 Å². The molecule has 7 nitrogen and oxygen atoms in total. The Kier molecular flexibility index (Phi) is 4.18. The molecule has 1 atom stereocenters. The van der Waals surface area contributed by atoms with Gasteiger partial charge >= 0.3 is 0 Å². The third-order valence-corrected chi connectivity index (χ3v) is 4.11. The molecule has 1 N–H and O–H groups in total. The number of sulfone groups is 1. The molecule has 2 aromatic heterocycles. The van der Waals surface area contributed by atoms with Crippen LogP contribution in [0.5, 0.6) is 0 Å². The van der Waals surface area contributed by atoms with Crippen LogP contribution in [0.3, 0.4) is 0 Å². The molecule has 0 radical (unpaired) electrons. The molecule has 3 rings (SSSR count). The van der Waals surface area contributed by atoms with Crippen LogP contribution < -0.4 is 5.32 Å². The van der Waals surface area contributed by atoms with E-state index in [0.29, 0.717) is 12.4 Å². The molecule has 0 aliphatic carbocycles. The Balaban J connectivity index is 1.63. The fourth-order valence-corrected chi connectivity index (χ4v) is 2.80. The molecular weight excluding hydrogens is 318 g/mol. The number of fused-ring (bicyclic) bond motifs is 1. The molecule has 0 spiro atoms. The summed E-state index contributed by atoms with van der Waals surface area (Å²) < 4.78 is 33.2. The Bertz CT molecular complexity index is 881. The van der Waals surface area contributed by atoms with Crippen molar-refractivity contribution in [2.24, 2.45) is 0 Å². The van der Waals surface area contributed by atoms with Crippen molar-refractivity contribution in [3.8, 4) is 0 Å². The van der Waals surface area contributed by atoms with Gasteiger partial charge in [0.25, 0.3) is 0 Å². The number of aromatic nitrogens is 2. The van der Waals surface area contributed by atoms with Gasteiger partial charge in [0, 0.05) is 11.6 Å². The van der Waals surface area contributed by atoms with Gasteiger partial charge in [-0.15, -0.1) is 0 Å². The summed E-state index contributed by atoms with van der Waals surface area (Å²) in [6.07, 6.45) is 1.13. The van der Waals surface area contributed by atoms with Crippen LogP contribution in [0.1, 0.15) is 30.4 Å². The molecule has 122 valence electrons. The van der Waals surface area contributed by atoms with E-state index in [-0.39, 0.29) is 17.6 Å². The largest absolute Gasteiger partial charge is 0.459 e. The Morgan fingerprint density at radius 3 is 2.83 bits per heavy atom. The van der Waals surface area contributed by atoms with Gasteiger partial charge < -0.3 is 8.94 Å². The van der Waals surface area contributed by atoms with E-state index in [1.165, 1.54) is 0 Å². The van der Waals surface area contributed by atoms with Gasteiger partial charge in [-0.3, -0.25) is 5.32 Å². The molecule has 0 amide bonds. The standard InChI is InChI=1S/C15H17N3O4S/c1-10(13-7-11-5-3-4-6-12(11)21-13)16-8-15-17-14(18-22-15)9-23(2,19)20/h3-7,10,16H,8-9H2,1-2H3. The Morgan fingerprint density at radius 1 is 1.30 bits per heavy atom. The van der Waals surface area contributed by atoms with E-state index in [9.17, 15) is 8.42 Å². The van der Waals surface area contributed by atoms with Crippen LogP contribution in [-0.2, 0) is 22.1 Å². The molecule has 1 aromatic carbocycles. The lowest BCUT2D eigenvalue weighted by atomic mass is 10.2. The highest BCUT2D eigenvalue weighted by Gasteiger charge is 2.15. The maximum atomic E-state index is 11.2. The van der Waals surface area contributed by atoms with Crippen molar-refractivity contribution in [3.63, 3.8) is 0 Å². The fraction of sp³-hybridized carbons (Fsp3) is 0.333. The molecule has 3 aromatic rings. The molecular formula is C15H17N3O4S. The minimum absolute atomic E-state index is 0.0485. The van der Waals surface area contributed by atoms with Crippen LogP contribution in [0.15, 0.2) is 39.3 Å². The minimum atomic E-state index is -3.17. The first-order valence-corrected chi connectivity index (χ1v) is 9.18. The Morgan fingerprint density at radius 2 is 2.09 bits per heavy atom. The Labute approximate surface area is 133 Å². The summed E-state index contributed by atoms with van der Waals surface area (Å²) in [6, 6.07) is 9.73. The van der Waals surface area contributed by atoms with Crippen LogP contribution in [0.4, 0.5) is 0 Å². The van der Waals surface area contributed by atoms with Crippen LogP contribution in [0, 0.1) is 0 Å². The molecule has 0 bridgehead atoms. The van der Waals surface area contributed by atoms with Crippen molar-refractivity contribution in [1.82, 2.24) is 15.5 Å². The highest BCUT2D eigenvalue weighted by molar-refractivity contribution is 7.89. The van der Waals surface area contributed by atoms with Crippen molar-refractivity contribution < 1.29 is 17.4 Å². The zero-order valence-corrected chi connectivity index (χ0v) is 13.6. The van der Waals surface area contributed by atoms with Gasteiger partial charge in [0.2, 0.25) is 5.89 Å². The monoisotopic (exact) mass is 335 g/mol. The topological polar surface area (TPSA) is 98.2 Å². The smallest absolute Gasteiger partial charge is 0.240 e. The second-order valence-corrected chi connectivity index (χ2v) is 7.60. The average Bonchev–Trinajstić information content (AvgIpc) is 3.09. The second-order valence-electron chi connectivity index (χ2n) is 5.46. The minimum Gasteiger partial charge on any atom is -0.459 e. The number of nitrogens with zero attached hydrogens (tertiary/aromatic N) is 2. The quantitative estimate of drug-likeness (QED) is 0.737. The highest BCUT2D eigenvalue weighted by Crippen LogP contribution is 2.23. The maximum Gasteiger partial charge on any atom is 0.240 e. The van der Waals surface area contributed by atoms with Crippen molar-refractivity contribution in [3.05, 3.63) is 47.8 Å². The molecule has 0 saturated carbocycles. The van der Waals surface area contributed by atoms with Gasteiger partial charge in [0.1, 0.15) is 17.1 Å². The second kappa shape index (κ2) is 6.13. The van der Waals surface area contributed by atoms with Crippen molar-refractivity contribution in [1.29, 1.82) is 0 Å². The van der Waals surface area contributed by atoms with Crippen molar-refractivity contribution in [2.45, 2.75) is 25.3 Å². The zero-order valence-electron chi connectivity index (χ0n) is 12.8. The predicted molar refractivity (Wildman–Crippen MR) is 84.3 cm³/mol. The average molecular weight is 335 g/mol. The third-order valence-electron chi connectivity index (χ3n) is 3.33. The Hall–Kier alpha value is -2.19. The number of para-hydroxylation sites is 1. The zero-order chi connectivity index (χ0) is 16.4. The van der Waals surface area contributed by atoms with Crippen LogP contribution in [0.25, 0.3) is 11.0 Å². The molecule has 2 heterocycles. The van der Waals surface area contributed by atoms with Crippen LogP contribution in [-0.4, -0.2) is 24.8 Å². The first kappa shape index (κ1) is 15.7. The van der Waals surface area contributed by atoms with Gasteiger partial charge in [0.05, 0.1) is 12.6 Å². The lowest BCUT2D eigenvalue weighted by molar-refractivity contribution is 0.349. The lowest BCUT2D eigenvalue weighted by Crippen LogP contribution is -2.17. The summed E-state index contributed by atoms with van der Waals surface area (Å²) in [5.41, 5.74) is 0.837. The highest BCUT2D eigenvalue weighted by atomic mass is 32.2. The third kappa shape index (κ3) is 3.96. The first-order chi connectivity index (χ1) is 10.9. The number of nitrogens with one attached hydrogen (secondary N) is 1. The van der Waals surface area contributed by atoms with Crippen LogP contribution >= 0.6 is 0 Å². The van der Waals surface area contributed by atoms with Gasteiger partial charge in [0.15, 0.2) is 15.7 Å². The summed E-state index contributed by atoms with van der Waals surface area (Å²) in [5, 5.41) is 7.92. The SMILES string of the molecule is CC(NCc1nc(CS(C)(=O)=O)no1)c1cc2ccccc2o1. The summed E-state index contributed by atoms with van der Waals surface area (Å²) in [6.45, 7) is 2.29. The number of furan rings is 1. The lowest BCUT2D eigenvalue weighted by Gasteiger charge is -2.08. The maximum absolute atomic E-state index is 11.2. The molecule has 0 saturated heterocycles. The normalized spacial score (nSPS) is 13.5. The summed E-state index contributed by atoms with van der Waals surface area (Å²) in [7, 11) is -3.17. The predicted octanol–water partition coefficient (Wildman–Crippen LogP) is 2.21. The van der Waals surface area contributed by atoms with E-state index in [0.717, 1.165) is 23.0 Å². The fourth-order valence-electron chi connectivity index (χ4n) is 2.21. The number of hydrogen-bond donors (Lipinski definition) is 1. The van der Waals surface area contributed by atoms with Crippen LogP contribution in [0.2, 0.25) is 0 Å². The summed E-state index contributed by atoms with van der Waals surface area (Å²) >= 11 is 0. The van der Waals surface area contributed by atoms with Gasteiger partial charge in [-0.2, -0.15) is 4.98 Å². The molecule has 0 aliphatic rings. The summed E-state index contributed by atoms with van der Waals surface area (Å²) in [5.74, 6) is 1.09. The van der Waals surface area contributed by atoms with Gasteiger partial charge in [-0.05, 0) is 19.1 Å². The first-order valence-electron chi connectivity index (χ1n) is 7.12.